The van der Waals surface area contributed by atoms with E-state index in [0.29, 0.717) is 10.6 Å². The molecule has 18 heavy (non-hydrogen) atoms. The van der Waals surface area contributed by atoms with E-state index >= 15 is 0 Å². The number of hydrogen-bond acceptors (Lipinski definition) is 1. The van der Waals surface area contributed by atoms with Crippen LogP contribution in [0.15, 0.2) is 22.7 Å². The fourth-order valence-corrected chi connectivity index (χ4v) is 3.33. The van der Waals surface area contributed by atoms with Gasteiger partial charge in [-0.3, -0.25) is 4.79 Å². The maximum absolute atomic E-state index is 12.5. The first-order chi connectivity index (χ1) is 8.63. The minimum absolute atomic E-state index is 0.166. The third kappa shape index (κ3) is 2.97. The van der Waals surface area contributed by atoms with E-state index < -0.39 is 0 Å². The van der Waals surface area contributed by atoms with Gasteiger partial charge in [0.2, 0.25) is 0 Å². The molecule has 0 aromatic heterocycles. The Bertz CT molecular complexity index is 436. The van der Waals surface area contributed by atoms with Crippen molar-refractivity contribution in [1.82, 2.24) is 0 Å². The number of Topliss-reactive ketones (excluding diaryl/α,β-unsaturated/α-hetero) is 1. The van der Waals surface area contributed by atoms with E-state index in [1.54, 1.807) is 0 Å². The Morgan fingerprint density at radius 2 is 2.00 bits per heavy atom. The first kappa shape index (κ1) is 14.1. The summed E-state index contributed by atoms with van der Waals surface area (Å²) in [4.78, 5) is 12.5. The molecule has 1 aromatic rings. The molecule has 1 aromatic carbocycles. The molecule has 1 aliphatic carbocycles. The van der Waals surface area contributed by atoms with Crippen LogP contribution < -0.4 is 0 Å². The highest BCUT2D eigenvalue weighted by molar-refractivity contribution is 9.10. The number of carbonyl (C=O) groups is 1. The molecule has 0 amide bonds. The summed E-state index contributed by atoms with van der Waals surface area (Å²) in [5.41, 5.74) is 0.672. The molecule has 0 atom stereocenters. The van der Waals surface area contributed by atoms with Gasteiger partial charge < -0.3 is 0 Å². The van der Waals surface area contributed by atoms with Crippen LogP contribution in [0.4, 0.5) is 0 Å². The zero-order valence-corrected chi connectivity index (χ0v) is 12.9. The minimum Gasteiger partial charge on any atom is -0.294 e. The number of benzene rings is 1. The lowest BCUT2D eigenvalue weighted by atomic mass is 9.78. The third-order valence-electron chi connectivity index (χ3n) is 4.01. The van der Waals surface area contributed by atoms with Crippen molar-refractivity contribution < 1.29 is 4.79 Å². The van der Waals surface area contributed by atoms with Crippen LogP contribution >= 0.6 is 27.5 Å². The Hall–Kier alpha value is -0.340. The molecule has 1 aliphatic rings. The summed E-state index contributed by atoms with van der Waals surface area (Å²) >= 11 is 9.57. The lowest BCUT2D eigenvalue weighted by molar-refractivity contribution is 0.0871. The monoisotopic (exact) mass is 328 g/mol. The first-order valence-corrected chi connectivity index (χ1v) is 7.78. The molecule has 0 saturated heterocycles. The standard InChI is InChI=1S/C15H18BrClO/c1-2-10-6-8-11(9-7-10)15(18)12-4-3-5-13(16)14(12)17/h3-5,10-11H,2,6-9H2,1H3. The Morgan fingerprint density at radius 3 is 2.61 bits per heavy atom. The first-order valence-electron chi connectivity index (χ1n) is 6.61. The van der Waals surface area contributed by atoms with Crippen LogP contribution in [0, 0.1) is 11.8 Å². The van der Waals surface area contributed by atoms with Gasteiger partial charge in [-0.1, -0.05) is 31.0 Å². The fourth-order valence-electron chi connectivity index (χ4n) is 2.75. The van der Waals surface area contributed by atoms with Crippen LogP contribution in [0.5, 0.6) is 0 Å². The van der Waals surface area contributed by atoms with Crippen molar-refractivity contribution in [2.45, 2.75) is 39.0 Å². The van der Waals surface area contributed by atoms with Gasteiger partial charge in [0.15, 0.2) is 5.78 Å². The molecule has 0 heterocycles. The van der Waals surface area contributed by atoms with E-state index in [-0.39, 0.29) is 11.7 Å². The largest absolute Gasteiger partial charge is 0.294 e. The number of ketones is 1. The van der Waals surface area contributed by atoms with Crippen LogP contribution in [0.2, 0.25) is 5.02 Å². The van der Waals surface area contributed by atoms with Crippen LogP contribution in [-0.4, -0.2) is 5.78 Å². The molecular formula is C15H18BrClO. The van der Waals surface area contributed by atoms with Crippen LogP contribution in [0.1, 0.15) is 49.4 Å². The van der Waals surface area contributed by atoms with Crippen molar-refractivity contribution in [1.29, 1.82) is 0 Å². The number of hydrogen-bond donors (Lipinski definition) is 0. The maximum Gasteiger partial charge on any atom is 0.167 e. The minimum atomic E-state index is 0.166. The van der Waals surface area contributed by atoms with E-state index in [9.17, 15) is 4.79 Å². The van der Waals surface area contributed by atoms with Gasteiger partial charge in [0.1, 0.15) is 0 Å². The van der Waals surface area contributed by atoms with Crippen molar-refractivity contribution in [3.05, 3.63) is 33.3 Å². The summed E-state index contributed by atoms with van der Waals surface area (Å²) in [5.74, 6) is 1.20. The van der Waals surface area contributed by atoms with Crippen LogP contribution in [0.25, 0.3) is 0 Å². The van der Waals surface area contributed by atoms with Crippen molar-refractivity contribution in [2.24, 2.45) is 11.8 Å². The summed E-state index contributed by atoms with van der Waals surface area (Å²) in [7, 11) is 0. The predicted molar refractivity (Wildman–Crippen MR) is 79.2 cm³/mol. The second-order valence-corrected chi connectivity index (χ2v) is 6.32. The highest BCUT2D eigenvalue weighted by atomic mass is 79.9. The third-order valence-corrected chi connectivity index (χ3v) is 5.31. The van der Waals surface area contributed by atoms with Crippen molar-refractivity contribution in [2.75, 3.05) is 0 Å². The summed E-state index contributed by atoms with van der Waals surface area (Å²) < 4.78 is 0.803. The Morgan fingerprint density at radius 1 is 1.33 bits per heavy atom. The molecule has 2 rings (SSSR count). The molecule has 0 aliphatic heterocycles. The molecule has 1 fully saturated rings. The van der Waals surface area contributed by atoms with Crippen molar-refractivity contribution in [3.8, 4) is 0 Å². The zero-order chi connectivity index (χ0) is 13.1. The lowest BCUT2D eigenvalue weighted by Crippen LogP contribution is -2.22. The summed E-state index contributed by atoms with van der Waals surface area (Å²) in [6.45, 7) is 2.23. The van der Waals surface area contributed by atoms with Crippen molar-refractivity contribution >= 4 is 33.3 Å². The normalized spacial score (nSPS) is 23.9. The number of rotatable bonds is 3. The zero-order valence-electron chi connectivity index (χ0n) is 10.6. The van der Waals surface area contributed by atoms with Crippen molar-refractivity contribution in [3.63, 3.8) is 0 Å². The SMILES string of the molecule is CCC1CCC(C(=O)c2cccc(Br)c2Cl)CC1. The Balaban J connectivity index is 2.10. The molecular weight excluding hydrogens is 312 g/mol. The van der Waals surface area contributed by atoms with E-state index in [1.807, 2.05) is 18.2 Å². The molecule has 0 N–H and O–H groups in total. The number of halogens is 2. The summed E-state index contributed by atoms with van der Waals surface area (Å²) in [6, 6.07) is 5.58. The second kappa shape index (κ2) is 6.21. The molecule has 1 saturated carbocycles. The second-order valence-electron chi connectivity index (χ2n) is 5.09. The van der Waals surface area contributed by atoms with Gasteiger partial charge in [0.05, 0.1) is 5.02 Å². The van der Waals surface area contributed by atoms with Gasteiger partial charge in [-0.2, -0.15) is 0 Å². The highest BCUT2D eigenvalue weighted by Gasteiger charge is 2.27. The van der Waals surface area contributed by atoms with Gasteiger partial charge in [0, 0.05) is 16.0 Å². The molecule has 1 nitrogen and oxygen atoms in total. The Labute approximate surface area is 122 Å². The molecule has 0 bridgehead atoms. The fraction of sp³-hybridized carbons (Fsp3) is 0.533. The lowest BCUT2D eigenvalue weighted by Gasteiger charge is -2.27. The quantitative estimate of drug-likeness (QED) is 0.669. The van der Waals surface area contributed by atoms with Gasteiger partial charge in [-0.25, -0.2) is 0 Å². The molecule has 0 spiro atoms. The van der Waals surface area contributed by atoms with E-state index in [4.69, 9.17) is 11.6 Å². The molecule has 98 valence electrons. The van der Waals surface area contributed by atoms with E-state index in [2.05, 4.69) is 22.9 Å². The highest BCUT2D eigenvalue weighted by Crippen LogP contribution is 2.35. The van der Waals surface area contributed by atoms with Crippen LogP contribution in [0.3, 0.4) is 0 Å². The van der Waals surface area contributed by atoms with E-state index in [1.165, 1.54) is 19.3 Å². The maximum atomic E-state index is 12.5. The smallest absolute Gasteiger partial charge is 0.167 e. The van der Waals surface area contributed by atoms with Gasteiger partial charge in [-0.05, 0) is 59.7 Å². The van der Waals surface area contributed by atoms with Gasteiger partial charge in [0.25, 0.3) is 0 Å². The molecule has 0 radical (unpaired) electrons. The topological polar surface area (TPSA) is 17.1 Å². The summed E-state index contributed by atoms with van der Waals surface area (Å²) in [5, 5.41) is 0.556. The summed E-state index contributed by atoms with van der Waals surface area (Å²) in [6.07, 6.45) is 5.62. The number of carbonyl (C=O) groups excluding carboxylic acids is 1. The average molecular weight is 330 g/mol. The van der Waals surface area contributed by atoms with Gasteiger partial charge >= 0.3 is 0 Å². The Kier molecular flexibility index (Phi) is 4.85. The molecule has 0 unspecified atom stereocenters. The average Bonchev–Trinajstić information content (AvgIpc) is 2.41. The predicted octanol–water partition coefficient (Wildman–Crippen LogP) is 5.50. The van der Waals surface area contributed by atoms with Gasteiger partial charge in [-0.15, -0.1) is 0 Å². The molecule has 3 heteroatoms. The van der Waals surface area contributed by atoms with E-state index in [0.717, 1.165) is 23.2 Å². The van der Waals surface area contributed by atoms with Crippen LogP contribution in [-0.2, 0) is 0 Å².